The number of ether oxygens (including phenoxy) is 1. The normalized spacial score (nSPS) is 13.0. The summed E-state index contributed by atoms with van der Waals surface area (Å²) in [6, 6.07) is 12.2. The van der Waals surface area contributed by atoms with Gasteiger partial charge < -0.3 is 15.4 Å². The molecule has 2 aromatic rings. The molecule has 2 rings (SSSR count). The largest absolute Gasteiger partial charge is 0.383 e. The fourth-order valence-electron chi connectivity index (χ4n) is 2.07. The minimum atomic E-state index is 0.193. The Balaban J connectivity index is 1.90. The fraction of sp³-hybridized carbons (Fsp3) is 0.375. The van der Waals surface area contributed by atoms with Crippen molar-refractivity contribution in [1.29, 1.82) is 0 Å². The molecule has 0 amide bonds. The van der Waals surface area contributed by atoms with Gasteiger partial charge in [0.2, 0.25) is 0 Å². The average Bonchev–Trinajstić information content (AvgIpc) is 3.01. The minimum absolute atomic E-state index is 0.193. The summed E-state index contributed by atoms with van der Waals surface area (Å²) in [6.07, 6.45) is 1.95. The number of methoxy groups -OCH3 is 1. The zero-order chi connectivity index (χ0) is 15.8. The molecule has 1 heterocycles. The Morgan fingerprint density at radius 1 is 1.32 bits per heavy atom. The number of para-hydroxylation sites is 1. The third-order valence-electron chi connectivity index (χ3n) is 3.13. The number of hydrogen-bond acceptors (Lipinski definition) is 3. The van der Waals surface area contributed by atoms with Crippen LogP contribution in [0.3, 0.4) is 0 Å². The van der Waals surface area contributed by atoms with Crippen molar-refractivity contribution in [2.24, 2.45) is 4.99 Å². The molecule has 6 heteroatoms. The molecular weight excluding hydrogens is 278 g/mol. The van der Waals surface area contributed by atoms with Crippen molar-refractivity contribution >= 4 is 5.96 Å². The van der Waals surface area contributed by atoms with Crippen LogP contribution in [0.15, 0.2) is 47.6 Å². The van der Waals surface area contributed by atoms with Gasteiger partial charge in [0.25, 0.3) is 0 Å². The van der Waals surface area contributed by atoms with Gasteiger partial charge in [-0.1, -0.05) is 18.2 Å². The Bertz CT molecular complexity index is 594. The summed E-state index contributed by atoms with van der Waals surface area (Å²) in [5, 5.41) is 11.1. The first-order valence-corrected chi connectivity index (χ1v) is 7.29. The standard InChI is InChI=1S/C16H23N5O/c1-13(12-22-3)19-16(17-2)18-11-14-9-10-21(20-14)15-7-5-4-6-8-15/h4-10,13H,11-12H2,1-3H3,(H2,17,18,19). The molecule has 1 aromatic carbocycles. The monoisotopic (exact) mass is 301 g/mol. The van der Waals surface area contributed by atoms with E-state index in [0.29, 0.717) is 13.2 Å². The van der Waals surface area contributed by atoms with Gasteiger partial charge in [0.1, 0.15) is 0 Å². The summed E-state index contributed by atoms with van der Waals surface area (Å²) in [6.45, 7) is 3.28. The highest BCUT2D eigenvalue weighted by Crippen LogP contribution is 2.06. The summed E-state index contributed by atoms with van der Waals surface area (Å²) < 4.78 is 6.97. The van der Waals surface area contributed by atoms with Crippen molar-refractivity contribution < 1.29 is 4.74 Å². The molecule has 2 N–H and O–H groups in total. The number of nitrogens with zero attached hydrogens (tertiary/aromatic N) is 3. The smallest absolute Gasteiger partial charge is 0.191 e. The summed E-state index contributed by atoms with van der Waals surface area (Å²) in [5.74, 6) is 0.735. The van der Waals surface area contributed by atoms with Gasteiger partial charge >= 0.3 is 0 Å². The van der Waals surface area contributed by atoms with Crippen LogP contribution in [-0.2, 0) is 11.3 Å². The van der Waals surface area contributed by atoms with Crippen LogP contribution in [-0.4, -0.2) is 42.5 Å². The van der Waals surface area contributed by atoms with Gasteiger partial charge in [-0.15, -0.1) is 0 Å². The molecule has 22 heavy (non-hydrogen) atoms. The number of rotatable bonds is 6. The van der Waals surface area contributed by atoms with Gasteiger partial charge in [0.15, 0.2) is 5.96 Å². The van der Waals surface area contributed by atoms with Crippen molar-refractivity contribution in [3.05, 3.63) is 48.3 Å². The molecular formula is C16H23N5O. The molecule has 1 unspecified atom stereocenters. The van der Waals surface area contributed by atoms with Crippen LogP contribution in [0.25, 0.3) is 5.69 Å². The van der Waals surface area contributed by atoms with Crippen molar-refractivity contribution in [3.63, 3.8) is 0 Å². The summed E-state index contributed by atoms with van der Waals surface area (Å²) in [5.41, 5.74) is 2.00. The zero-order valence-electron chi connectivity index (χ0n) is 13.3. The van der Waals surface area contributed by atoms with Crippen LogP contribution in [0.4, 0.5) is 0 Å². The topological polar surface area (TPSA) is 63.5 Å². The van der Waals surface area contributed by atoms with Gasteiger partial charge in [0, 0.05) is 26.4 Å². The summed E-state index contributed by atoms with van der Waals surface area (Å²) in [4.78, 5) is 4.19. The molecule has 0 aliphatic rings. The lowest BCUT2D eigenvalue weighted by Crippen LogP contribution is -2.43. The highest BCUT2D eigenvalue weighted by molar-refractivity contribution is 5.79. The van der Waals surface area contributed by atoms with E-state index in [1.54, 1.807) is 14.2 Å². The van der Waals surface area contributed by atoms with E-state index < -0.39 is 0 Å². The third kappa shape index (κ3) is 4.60. The van der Waals surface area contributed by atoms with Gasteiger partial charge in [-0.3, -0.25) is 4.99 Å². The molecule has 0 aliphatic carbocycles. The summed E-state index contributed by atoms with van der Waals surface area (Å²) in [7, 11) is 3.43. The first-order valence-electron chi connectivity index (χ1n) is 7.29. The predicted octanol–water partition coefficient (Wildman–Crippen LogP) is 1.57. The van der Waals surface area contributed by atoms with E-state index in [1.165, 1.54) is 0 Å². The molecule has 0 spiro atoms. The summed E-state index contributed by atoms with van der Waals surface area (Å²) >= 11 is 0. The lowest BCUT2D eigenvalue weighted by atomic mass is 10.3. The van der Waals surface area contributed by atoms with E-state index in [2.05, 4.69) is 20.7 Å². The molecule has 0 saturated heterocycles. The predicted molar refractivity (Wildman–Crippen MR) is 88.2 cm³/mol. The van der Waals surface area contributed by atoms with Crippen LogP contribution in [0.5, 0.6) is 0 Å². The maximum atomic E-state index is 5.10. The first kappa shape index (κ1) is 16.0. The SMILES string of the molecule is CN=C(NCc1ccn(-c2ccccc2)n1)NC(C)COC. The van der Waals surface area contributed by atoms with E-state index in [0.717, 1.165) is 17.3 Å². The fourth-order valence-corrected chi connectivity index (χ4v) is 2.07. The molecule has 0 saturated carbocycles. The van der Waals surface area contributed by atoms with Crippen molar-refractivity contribution in [2.75, 3.05) is 20.8 Å². The Morgan fingerprint density at radius 2 is 2.09 bits per heavy atom. The maximum Gasteiger partial charge on any atom is 0.191 e. The van der Waals surface area contributed by atoms with E-state index in [4.69, 9.17) is 4.74 Å². The van der Waals surface area contributed by atoms with Crippen LogP contribution in [0.2, 0.25) is 0 Å². The van der Waals surface area contributed by atoms with Crippen LogP contribution in [0, 0.1) is 0 Å². The Hall–Kier alpha value is -2.34. The molecule has 0 fully saturated rings. The highest BCUT2D eigenvalue weighted by atomic mass is 16.5. The molecule has 0 bridgehead atoms. The van der Waals surface area contributed by atoms with E-state index in [-0.39, 0.29) is 6.04 Å². The molecule has 0 radical (unpaired) electrons. The number of hydrogen-bond donors (Lipinski definition) is 2. The van der Waals surface area contributed by atoms with E-state index in [1.807, 2.05) is 54.2 Å². The van der Waals surface area contributed by atoms with Gasteiger partial charge in [0.05, 0.1) is 24.5 Å². The molecule has 1 aromatic heterocycles. The second kappa shape index (κ2) is 8.19. The second-order valence-electron chi connectivity index (χ2n) is 5.01. The number of benzene rings is 1. The van der Waals surface area contributed by atoms with Gasteiger partial charge in [-0.2, -0.15) is 5.10 Å². The van der Waals surface area contributed by atoms with Crippen molar-refractivity contribution in [1.82, 2.24) is 20.4 Å². The van der Waals surface area contributed by atoms with Crippen LogP contribution < -0.4 is 10.6 Å². The molecule has 6 nitrogen and oxygen atoms in total. The Morgan fingerprint density at radius 3 is 2.77 bits per heavy atom. The first-order chi connectivity index (χ1) is 10.7. The molecule has 0 aliphatic heterocycles. The van der Waals surface area contributed by atoms with Crippen LogP contribution in [0.1, 0.15) is 12.6 Å². The van der Waals surface area contributed by atoms with Crippen LogP contribution >= 0.6 is 0 Å². The molecule has 1 atom stereocenters. The number of aromatic nitrogens is 2. The molecule has 118 valence electrons. The number of nitrogens with one attached hydrogen (secondary N) is 2. The average molecular weight is 301 g/mol. The van der Waals surface area contributed by atoms with Gasteiger partial charge in [-0.05, 0) is 25.1 Å². The maximum absolute atomic E-state index is 5.10. The third-order valence-corrected chi connectivity index (χ3v) is 3.13. The number of guanidine groups is 1. The van der Waals surface area contributed by atoms with Crippen molar-refractivity contribution in [3.8, 4) is 5.69 Å². The highest BCUT2D eigenvalue weighted by Gasteiger charge is 2.06. The van der Waals surface area contributed by atoms with Crippen molar-refractivity contribution in [2.45, 2.75) is 19.5 Å². The number of aliphatic imine (C=N–C) groups is 1. The van der Waals surface area contributed by atoms with E-state index in [9.17, 15) is 0 Å². The Kier molecular flexibility index (Phi) is 5.97. The van der Waals surface area contributed by atoms with E-state index >= 15 is 0 Å². The second-order valence-corrected chi connectivity index (χ2v) is 5.01. The minimum Gasteiger partial charge on any atom is -0.383 e. The zero-order valence-corrected chi connectivity index (χ0v) is 13.3. The Labute approximate surface area is 131 Å². The lowest BCUT2D eigenvalue weighted by Gasteiger charge is -2.16. The lowest BCUT2D eigenvalue weighted by molar-refractivity contribution is 0.179. The quantitative estimate of drug-likeness (QED) is 0.628. The van der Waals surface area contributed by atoms with Gasteiger partial charge in [-0.25, -0.2) is 4.68 Å².